The number of hydrogen-bond acceptors (Lipinski definition) is 5. The van der Waals surface area contributed by atoms with Crippen LogP contribution in [0, 0.1) is 20.2 Å². The normalized spacial score (nSPS) is 9.64. The molecule has 7 heteroatoms. The molecule has 0 radical (unpaired) electrons. The van der Waals surface area contributed by atoms with E-state index >= 15 is 0 Å². The smallest absolute Gasteiger partial charge is 0.258 e. The maximum atomic E-state index is 10.2. The summed E-state index contributed by atoms with van der Waals surface area (Å²) in [6.07, 6.45) is 1.81. The van der Waals surface area contributed by atoms with Gasteiger partial charge >= 0.3 is 11.4 Å². The van der Waals surface area contributed by atoms with Gasteiger partial charge in [0, 0.05) is 23.7 Å². The van der Waals surface area contributed by atoms with Gasteiger partial charge in [0.15, 0.2) is 0 Å². The molecular formula is C15H11N3O4. The van der Waals surface area contributed by atoms with Crippen LogP contribution in [-0.2, 0) is 0 Å². The molecule has 7 nitrogen and oxygen atoms in total. The summed E-state index contributed by atoms with van der Waals surface area (Å²) in [5.74, 6) is 0. The Morgan fingerprint density at radius 3 is 1.77 bits per heavy atom. The summed E-state index contributed by atoms with van der Waals surface area (Å²) in [5.41, 5.74) is 0.0926. The zero-order valence-electron chi connectivity index (χ0n) is 11.3. The minimum Gasteiger partial charge on any atom is -0.258 e. The highest BCUT2D eigenvalue weighted by Gasteiger charge is 2.21. The molecule has 0 fully saturated rings. The van der Waals surface area contributed by atoms with E-state index in [0.29, 0.717) is 0 Å². The highest BCUT2D eigenvalue weighted by atomic mass is 16.6. The van der Waals surface area contributed by atoms with Crippen LogP contribution in [-0.4, -0.2) is 14.8 Å². The highest BCUT2D eigenvalue weighted by Crippen LogP contribution is 2.24. The van der Waals surface area contributed by atoms with Gasteiger partial charge in [0.1, 0.15) is 0 Å². The number of nitro groups is 2. The second kappa shape index (κ2) is 6.89. The topological polar surface area (TPSA) is 99.2 Å². The summed E-state index contributed by atoms with van der Waals surface area (Å²) in [4.78, 5) is 23.1. The van der Waals surface area contributed by atoms with Crippen molar-refractivity contribution >= 4 is 22.3 Å². The van der Waals surface area contributed by atoms with E-state index in [1.165, 1.54) is 17.5 Å². The predicted octanol–water partition coefficient (Wildman–Crippen LogP) is 3.74. The molecule has 0 aliphatic carbocycles. The quantitative estimate of drug-likeness (QED) is 0.530. The second-order valence-corrected chi connectivity index (χ2v) is 4.20. The first-order valence-corrected chi connectivity index (χ1v) is 6.27. The Bertz CT molecular complexity index is 722. The molecule has 22 heavy (non-hydrogen) atoms. The lowest BCUT2D eigenvalue weighted by Crippen LogP contribution is -1.95. The van der Waals surface area contributed by atoms with Crippen molar-refractivity contribution < 1.29 is 9.85 Å². The van der Waals surface area contributed by atoms with Crippen LogP contribution in [0.15, 0.2) is 66.9 Å². The Balaban J connectivity index is 0.000000162. The van der Waals surface area contributed by atoms with Crippen molar-refractivity contribution in [3.8, 4) is 0 Å². The van der Waals surface area contributed by atoms with E-state index in [1.807, 2.05) is 30.5 Å². The summed E-state index contributed by atoms with van der Waals surface area (Å²) in [5, 5.41) is 21.7. The number of para-hydroxylation sites is 3. The summed E-state index contributed by atoms with van der Waals surface area (Å²) in [6, 6.07) is 17.0. The van der Waals surface area contributed by atoms with Crippen LogP contribution in [0.5, 0.6) is 0 Å². The first kappa shape index (κ1) is 15.0. The first-order valence-electron chi connectivity index (χ1n) is 6.27. The molecule has 110 valence electrons. The highest BCUT2D eigenvalue weighted by molar-refractivity contribution is 5.77. The maximum absolute atomic E-state index is 10.2. The fraction of sp³-hybridized carbons (Fsp3) is 0. The summed E-state index contributed by atoms with van der Waals surface area (Å²) in [6.45, 7) is 0. The third-order valence-electron chi connectivity index (χ3n) is 2.79. The number of rotatable bonds is 2. The van der Waals surface area contributed by atoms with E-state index in [-0.39, 0.29) is 0 Å². The third kappa shape index (κ3) is 3.60. The van der Waals surface area contributed by atoms with Gasteiger partial charge in [0.25, 0.3) is 0 Å². The second-order valence-electron chi connectivity index (χ2n) is 4.20. The van der Waals surface area contributed by atoms with E-state index in [2.05, 4.69) is 17.1 Å². The molecule has 0 unspecified atom stereocenters. The van der Waals surface area contributed by atoms with Crippen LogP contribution in [0.2, 0.25) is 0 Å². The van der Waals surface area contributed by atoms with Crippen molar-refractivity contribution in [2.75, 3.05) is 0 Å². The minimum absolute atomic E-state index is 0.484. The lowest BCUT2D eigenvalue weighted by molar-refractivity contribution is -0.422. The van der Waals surface area contributed by atoms with E-state index in [1.54, 1.807) is 0 Å². The van der Waals surface area contributed by atoms with Gasteiger partial charge in [-0.25, -0.2) is 0 Å². The Morgan fingerprint density at radius 1 is 0.727 bits per heavy atom. The van der Waals surface area contributed by atoms with Gasteiger partial charge in [-0.3, -0.25) is 25.2 Å². The standard InChI is InChI=1S/C9H7N.C6H4N2O4/c1-2-6-9-8(4-1)5-3-7-10-9;9-7(10)5-3-1-2-4-6(5)8(11)12/h1-7H;1-4H. The van der Waals surface area contributed by atoms with Crippen LogP contribution < -0.4 is 0 Å². The number of pyridine rings is 1. The predicted molar refractivity (Wildman–Crippen MR) is 81.5 cm³/mol. The number of aromatic nitrogens is 1. The Hall–Kier alpha value is -3.35. The van der Waals surface area contributed by atoms with Crippen molar-refractivity contribution in [3.05, 3.63) is 87.1 Å². The molecule has 1 aromatic heterocycles. The fourth-order valence-corrected chi connectivity index (χ4v) is 1.79. The van der Waals surface area contributed by atoms with Gasteiger partial charge in [0.05, 0.1) is 15.4 Å². The number of hydrogen-bond donors (Lipinski definition) is 0. The molecule has 0 bridgehead atoms. The average molecular weight is 297 g/mol. The van der Waals surface area contributed by atoms with Gasteiger partial charge in [-0.1, -0.05) is 36.4 Å². The molecular weight excluding hydrogens is 286 g/mol. The molecule has 1 heterocycles. The maximum Gasteiger partial charge on any atom is 0.346 e. The lowest BCUT2D eigenvalue weighted by atomic mass is 10.2. The van der Waals surface area contributed by atoms with Crippen molar-refractivity contribution in [2.24, 2.45) is 0 Å². The first-order chi connectivity index (χ1) is 10.6. The summed E-state index contributed by atoms with van der Waals surface area (Å²) < 4.78 is 0. The molecule has 0 aliphatic rings. The number of nitrogens with zero attached hydrogens (tertiary/aromatic N) is 3. The van der Waals surface area contributed by atoms with Crippen molar-refractivity contribution in [2.45, 2.75) is 0 Å². The molecule has 3 aromatic rings. The van der Waals surface area contributed by atoms with Gasteiger partial charge in [-0.05, 0) is 12.1 Å². The van der Waals surface area contributed by atoms with E-state index < -0.39 is 21.2 Å². The van der Waals surface area contributed by atoms with E-state index in [9.17, 15) is 20.2 Å². The fourth-order valence-electron chi connectivity index (χ4n) is 1.79. The largest absolute Gasteiger partial charge is 0.346 e. The SMILES string of the molecule is O=[N+]([O-])c1ccccc1[N+](=O)[O-].c1ccc2ncccc2c1. The van der Waals surface area contributed by atoms with Crippen LogP contribution in [0.4, 0.5) is 11.4 Å². The lowest BCUT2D eigenvalue weighted by Gasteiger charge is -1.91. The Kier molecular flexibility index (Phi) is 4.71. The third-order valence-corrected chi connectivity index (χ3v) is 2.79. The van der Waals surface area contributed by atoms with Gasteiger partial charge in [-0.2, -0.15) is 0 Å². The van der Waals surface area contributed by atoms with Gasteiger partial charge < -0.3 is 0 Å². The van der Waals surface area contributed by atoms with Gasteiger partial charge in [0.2, 0.25) is 0 Å². The van der Waals surface area contributed by atoms with Gasteiger partial charge in [-0.15, -0.1) is 0 Å². The van der Waals surface area contributed by atoms with Crippen molar-refractivity contribution in [1.82, 2.24) is 4.98 Å². The molecule has 0 aliphatic heterocycles. The molecule has 0 saturated heterocycles. The van der Waals surface area contributed by atoms with E-state index in [0.717, 1.165) is 17.6 Å². The zero-order chi connectivity index (χ0) is 15.9. The Labute approximate surface area is 125 Å². The number of benzene rings is 2. The summed E-state index contributed by atoms with van der Waals surface area (Å²) in [7, 11) is 0. The number of nitro benzene ring substituents is 2. The molecule has 0 atom stereocenters. The minimum atomic E-state index is -0.780. The van der Waals surface area contributed by atoms with Crippen molar-refractivity contribution in [1.29, 1.82) is 0 Å². The molecule has 0 spiro atoms. The summed E-state index contributed by atoms with van der Waals surface area (Å²) >= 11 is 0. The van der Waals surface area contributed by atoms with Crippen LogP contribution >= 0.6 is 0 Å². The number of fused-ring (bicyclic) bond motifs is 1. The van der Waals surface area contributed by atoms with Crippen LogP contribution in [0.25, 0.3) is 10.9 Å². The molecule has 0 N–H and O–H groups in total. The monoisotopic (exact) mass is 297 g/mol. The van der Waals surface area contributed by atoms with Crippen LogP contribution in [0.3, 0.4) is 0 Å². The van der Waals surface area contributed by atoms with Crippen LogP contribution in [0.1, 0.15) is 0 Å². The van der Waals surface area contributed by atoms with Crippen molar-refractivity contribution in [3.63, 3.8) is 0 Å². The molecule has 0 saturated carbocycles. The molecule has 0 amide bonds. The Morgan fingerprint density at radius 2 is 1.23 bits per heavy atom. The molecule has 2 aromatic carbocycles. The zero-order valence-corrected chi connectivity index (χ0v) is 11.3. The van der Waals surface area contributed by atoms with E-state index in [4.69, 9.17) is 0 Å². The molecule has 3 rings (SSSR count). The average Bonchev–Trinajstić information content (AvgIpc) is 2.55.